The Kier molecular flexibility index (Phi) is 2.91. The fourth-order valence-electron chi connectivity index (χ4n) is 6.92. The van der Waals surface area contributed by atoms with Gasteiger partial charge in [-0.05, 0) is 37.2 Å². The molecule has 8 unspecified atom stereocenters. The fraction of sp³-hybridized carbons (Fsp3) is 0.750. The highest BCUT2D eigenvalue weighted by molar-refractivity contribution is 5.89. The molecule has 6 rings (SSSR count). The molecule has 8 atom stereocenters. The number of ether oxygens (including phenoxy) is 3. The first-order valence-electron chi connectivity index (χ1n) is 9.69. The molecule has 26 heavy (non-hydrogen) atoms. The van der Waals surface area contributed by atoms with Crippen molar-refractivity contribution in [2.45, 2.75) is 56.7 Å². The predicted octanol–water partition coefficient (Wildman–Crippen LogP) is 2.22. The van der Waals surface area contributed by atoms with Crippen LogP contribution in [-0.2, 0) is 19.0 Å². The van der Waals surface area contributed by atoms with Crippen molar-refractivity contribution in [3.8, 4) is 0 Å². The molecule has 2 spiro atoms. The molecule has 6 nitrogen and oxygen atoms in total. The second-order valence-electron chi connectivity index (χ2n) is 8.96. The number of aliphatic hydroxyl groups is 1. The highest BCUT2D eigenvalue weighted by atomic mass is 16.7. The number of carbonyl (C=O) groups excluding carboxylic acids is 1. The van der Waals surface area contributed by atoms with Crippen molar-refractivity contribution < 1.29 is 28.5 Å². The summed E-state index contributed by atoms with van der Waals surface area (Å²) in [5.74, 6) is 0.524. The Labute approximate surface area is 151 Å². The number of rotatable bonds is 1. The second-order valence-corrected chi connectivity index (χ2v) is 8.96. The average molecular weight is 360 g/mol. The minimum Gasteiger partial charge on any atom is -0.472 e. The van der Waals surface area contributed by atoms with Crippen LogP contribution in [0.15, 0.2) is 23.0 Å². The third-order valence-corrected chi connectivity index (χ3v) is 8.27. The van der Waals surface area contributed by atoms with E-state index in [0.29, 0.717) is 26.1 Å². The summed E-state index contributed by atoms with van der Waals surface area (Å²) in [6, 6.07) is 1.95. The second kappa shape index (κ2) is 4.79. The Morgan fingerprint density at radius 3 is 2.85 bits per heavy atom. The zero-order chi connectivity index (χ0) is 17.7. The smallest absolute Gasteiger partial charge is 0.164 e. The lowest BCUT2D eigenvalue weighted by Crippen LogP contribution is -2.73. The first-order chi connectivity index (χ1) is 12.5. The normalized spacial score (nSPS) is 54.8. The molecule has 0 radical (unpaired) electrons. The largest absolute Gasteiger partial charge is 0.472 e. The molecule has 0 amide bonds. The van der Waals surface area contributed by atoms with E-state index in [1.807, 2.05) is 6.07 Å². The van der Waals surface area contributed by atoms with Gasteiger partial charge in [-0.3, -0.25) is 4.79 Å². The Balaban J connectivity index is 1.49. The van der Waals surface area contributed by atoms with E-state index < -0.39 is 17.1 Å². The van der Waals surface area contributed by atoms with Crippen LogP contribution in [0.4, 0.5) is 0 Å². The lowest BCUT2D eigenvalue weighted by molar-refractivity contribution is -0.301. The van der Waals surface area contributed by atoms with Crippen LogP contribution in [0.5, 0.6) is 0 Å². The molecular formula is C20H24O6. The summed E-state index contributed by atoms with van der Waals surface area (Å²) >= 11 is 0. The highest BCUT2D eigenvalue weighted by Gasteiger charge is 2.81. The van der Waals surface area contributed by atoms with Crippen LogP contribution in [0.3, 0.4) is 0 Å². The lowest BCUT2D eigenvalue weighted by Gasteiger charge is -2.64. The number of ketones is 1. The van der Waals surface area contributed by atoms with E-state index in [1.54, 1.807) is 12.5 Å². The molecule has 1 aromatic rings. The molecule has 1 N–H and O–H groups in total. The molecule has 1 aromatic heterocycles. The van der Waals surface area contributed by atoms with Crippen LogP contribution in [0, 0.1) is 22.7 Å². The topological polar surface area (TPSA) is 81.4 Å². The van der Waals surface area contributed by atoms with Crippen molar-refractivity contribution in [1.82, 2.24) is 0 Å². The summed E-state index contributed by atoms with van der Waals surface area (Å²) in [6.45, 7) is 2.92. The summed E-state index contributed by atoms with van der Waals surface area (Å²) in [5, 5.41) is 10.7. The first-order valence-corrected chi connectivity index (χ1v) is 9.69. The molecule has 5 fully saturated rings. The molecule has 2 bridgehead atoms. The third kappa shape index (κ3) is 1.54. The first kappa shape index (κ1) is 15.8. The van der Waals surface area contributed by atoms with Gasteiger partial charge in [0.25, 0.3) is 0 Å². The minimum absolute atomic E-state index is 0.0758. The number of epoxide rings is 1. The number of hydrogen-bond donors (Lipinski definition) is 1. The fourth-order valence-corrected chi connectivity index (χ4v) is 6.92. The maximum absolute atomic E-state index is 13.3. The summed E-state index contributed by atoms with van der Waals surface area (Å²) in [7, 11) is 0. The molecule has 3 saturated heterocycles. The van der Waals surface area contributed by atoms with Crippen molar-refractivity contribution >= 4 is 5.78 Å². The van der Waals surface area contributed by atoms with Gasteiger partial charge in [-0.25, -0.2) is 0 Å². The van der Waals surface area contributed by atoms with Crippen LogP contribution >= 0.6 is 0 Å². The van der Waals surface area contributed by atoms with Gasteiger partial charge in [0.2, 0.25) is 0 Å². The third-order valence-electron chi connectivity index (χ3n) is 8.27. The Morgan fingerprint density at radius 1 is 1.27 bits per heavy atom. The predicted molar refractivity (Wildman–Crippen MR) is 88.0 cm³/mol. The quantitative estimate of drug-likeness (QED) is 0.774. The van der Waals surface area contributed by atoms with E-state index in [4.69, 9.17) is 18.6 Å². The summed E-state index contributed by atoms with van der Waals surface area (Å²) < 4.78 is 23.7. The molecule has 4 heterocycles. The summed E-state index contributed by atoms with van der Waals surface area (Å²) in [5.41, 5.74) is -0.644. The van der Waals surface area contributed by atoms with Gasteiger partial charge in [-0.2, -0.15) is 0 Å². The minimum atomic E-state index is -0.737. The molecule has 5 aliphatic rings. The van der Waals surface area contributed by atoms with Crippen LogP contribution in [-0.4, -0.2) is 42.1 Å². The Bertz CT molecular complexity index is 754. The van der Waals surface area contributed by atoms with Crippen LogP contribution < -0.4 is 0 Å². The van der Waals surface area contributed by atoms with Crippen molar-refractivity contribution in [2.75, 3.05) is 13.2 Å². The van der Waals surface area contributed by atoms with Crippen LogP contribution in [0.2, 0.25) is 0 Å². The Morgan fingerprint density at radius 2 is 2.12 bits per heavy atom. The van der Waals surface area contributed by atoms with E-state index in [1.165, 1.54) is 0 Å². The monoisotopic (exact) mass is 360 g/mol. The standard InChI is InChI=1S/C20H24O6/c1-11-6-16(22)19-9-24-17-18(11,7-13(26-17)12-4-5-23-8-12)14(19)2-3-15(21)20(19)10-25-20/h4-5,8,11,13-15,17,21H,2-3,6-7,9-10H2,1H3. The van der Waals surface area contributed by atoms with E-state index in [9.17, 15) is 9.90 Å². The molecule has 2 saturated carbocycles. The summed E-state index contributed by atoms with van der Waals surface area (Å²) in [4.78, 5) is 13.3. The molecule has 3 aliphatic heterocycles. The number of Topliss-reactive ketones (excluding diaryl/α,β-unsaturated/α-hetero) is 1. The molecule has 0 aromatic carbocycles. The average Bonchev–Trinajstić information content (AvgIpc) is 3.07. The molecular weight excluding hydrogens is 336 g/mol. The van der Waals surface area contributed by atoms with Gasteiger partial charge >= 0.3 is 0 Å². The number of furan rings is 1. The van der Waals surface area contributed by atoms with Gasteiger partial charge in [0.15, 0.2) is 6.29 Å². The number of aliphatic hydroxyl groups excluding tert-OH is 1. The maximum Gasteiger partial charge on any atom is 0.164 e. The molecule has 140 valence electrons. The van der Waals surface area contributed by atoms with E-state index in [-0.39, 0.29) is 35.4 Å². The lowest BCUT2D eigenvalue weighted by atomic mass is 9.41. The number of carbonyl (C=O) groups is 1. The maximum atomic E-state index is 13.3. The molecule has 2 aliphatic carbocycles. The van der Waals surface area contributed by atoms with Gasteiger partial charge in [-0.1, -0.05) is 6.92 Å². The van der Waals surface area contributed by atoms with Gasteiger partial charge < -0.3 is 23.7 Å². The zero-order valence-electron chi connectivity index (χ0n) is 14.8. The SMILES string of the molecule is CC1CC(=O)C23COC4OC(c5ccoc5)CC14C2CCC(O)C31CO1. The van der Waals surface area contributed by atoms with Gasteiger partial charge in [0, 0.05) is 17.4 Å². The molecule has 6 heteroatoms. The van der Waals surface area contributed by atoms with E-state index >= 15 is 0 Å². The van der Waals surface area contributed by atoms with Crippen molar-refractivity contribution in [1.29, 1.82) is 0 Å². The van der Waals surface area contributed by atoms with Crippen LogP contribution in [0.25, 0.3) is 0 Å². The van der Waals surface area contributed by atoms with Crippen molar-refractivity contribution in [3.63, 3.8) is 0 Å². The van der Waals surface area contributed by atoms with E-state index in [0.717, 1.165) is 18.4 Å². The van der Waals surface area contributed by atoms with Crippen molar-refractivity contribution in [3.05, 3.63) is 24.2 Å². The van der Waals surface area contributed by atoms with Crippen molar-refractivity contribution in [2.24, 2.45) is 22.7 Å². The van der Waals surface area contributed by atoms with Gasteiger partial charge in [0.05, 0.1) is 43.4 Å². The van der Waals surface area contributed by atoms with Gasteiger partial charge in [-0.15, -0.1) is 0 Å². The van der Waals surface area contributed by atoms with Gasteiger partial charge in [0.1, 0.15) is 11.4 Å². The highest BCUT2D eigenvalue weighted by Crippen LogP contribution is 2.73. The summed E-state index contributed by atoms with van der Waals surface area (Å²) in [6.07, 6.45) is 5.27. The zero-order valence-corrected chi connectivity index (χ0v) is 14.8. The number of hydrogen-bond acceptors (Lipinski definition) is 6. The van der Waals surface area contributed by atoms with Crippen LogP contribution in [0.1, 0.15) is 44.3 Å². The van der Waals surface area contributed by atoms with E-state index in [2.05, 4.69) is 6.92 Å². The Hall–Kier alpha value is -1.21.